The lowest BCUT2D eigenvalue weighted by atomic mass is 10.1. The number of aromatic nitrogens is 8. The molecule has 1 aromatic carbocycles. The third kappa shape index (κ3) is 2.24. The molecule has 0 bridgehead atoms. The van der Waals surface area contributed by atoms with E-state index in [4.69, 9.17) is 0 Å². The average molecular weight is 376 g/mol. The van der Waals surface area contributed by atoms with Gasteiger partial charge in [-0.1, -0.05) is 12.1 Å². The number of nitrogens with zero attached hydrogens (tertiary/aromatic N) is 8. The average Bonchev–Trinajstić information content (AvgIpc) is 3.27. The maximum Gasteiger partial charge on any atom is 0.299 e. The van der Waals surface area contributed by atoms with E-state index in [2.05, 4.69) is 25.5 Å². The van der Waals surface area contributed by atoms with Crippen LogP contribution < -0.4 is 5.56 Å². The van der Waals surface area contributed by atoms with E-state index in [0.29, 0.717) is 28.4 Å². The number of halogens is 1. The molecular formula is C18H13FN8O. The summed E-state index contributed by atoms with van der Waals surface area (Å²) in [5.41, 5.74) is 2.25. The van der Waals surface area contributed by atoms with Crippen LogP contribution in [0.4, 0.5) is 4.39 Å². The molecule has 0 amide bonds. The molecule has 0 unspecified atom stereocenters. The van der Waals surface area contributed by atoms with Gasteiger partial charge in [0.15, 0.2) is 11.2 Å². The van der Waals surface area contributed by atoms with E-state index in [1.807, 2.05) is 0 Å². The number of pyridine rings is 1. The van der Waals surface area contributed by atoms with Crippen LogP contribution in [0, 0.1) is 19.7 Å². The Hall–Kier alpha value is -3.95. The van der Waals surface area contributed by atoms with Crippen molar-refractivity contribution in [2.24, 2.45) is 0 Å². The second-order valence-corrected chi connectivity index (χ2v) is 6.31. The van der Waals surface area contributed by atoms with Crippen LogP contribution in [0.1, 0.15) is 11.6 Å². The molecule has 0 aliphatic rings. The van der Waals surface area contributed by atoms with Crippen molar-refractivity contribution in [1.29, 1.82) is 0 Å². The van der Waals surface area contributed by atoms with Crippen molar-refractivity contribution in [3.63, 3.8) is 0 Å². The van der Waals surface area contributed by atoms with Crippen molar-refractivity contribution in [2.45, 2.75) is 13.8 Å². The molecule has 0 aliphatic carbocycles. The van der Waals surface area contributed by atoms with Crippen LogP contribution in [-0.2, 0) is 0 Å². The van der Waals surface area contributed by atoms with Crippen molar-refractivity contribution in [2.75, 3.05) is 0 Å². The highest BCUT2D eigenvalue weighted by Crippen LogP contribution is 2.24. The standard InChI is InChI=1S/C18H13FN8O/c1-10-21-22-11(2)27(10)25-8-7-15-16(18(25)28)23-24-17-14(9-20-26(15)17)12-3-5-13(19)6-4-12/h3-9H,1-2H3. The minimum absolute atomic E-state index is 0.163. The van der Waals surface area contributed by atoms with Crippen molar-refractivity contribution >= 4 is 16.7 Å². The van der Waals surface area contributed by atoms with Gasteiger partial charge in [-0.2, -0.15) is 5.10 Å². The molecule has 138 valence electrons. The van der Waals surface area contributed by atoms with E-state index in [9.17, 15) is 9.18 Å². The second kappa shape index (κ2) is 5.78. The Bertz CT molecular complexity index is 1390. The van der Waals surface area contributed by atoms with E-state index < -0.39 is 0 Å². The lowest BCUT2D eigenvalue weighted by Crippen LogP contribution is -2.28. The molecule has 0 N–H and O–H groups in total. The molecular weight excluding hydrogens is 363 g/mol. The molecule has 28 heavy (non-hydrogen) atoms. The Morgan fingerprint density at radius 3 is 2.36 bits per heavy atom. The van der Waals surface area contributed by atoms with E-state index in [-0.39, 0.29) is 16.9 Å². The molecule has 0 fully saturated rings. The van der Waals surface area contributed by atoms with Crippen LogP contribution in [0.15, 0.2) is 47.5 Å². The SMILES string of the molecule is Cc1nnc(C)n1-n1ccc2c(nnc3c(-c4ccc(F)cc4)cnn32)c1=O. The summed E-state index contributed by atoms with van der Waals surface area (Å²) in [7, 11) is 0. The van der Waals surface area contributed by atoms with E-state index in [1.165, 1.54) is 16.8 Å². The molecule has 0 saturated heterocycles. The number of hydrogen-bond donors (Lipinski definition) is 0. The summed E-state index contributed by atoms with van der Waals surface area (Å²) in [6.07, 6.45) is 3.24. The third-order valence-electron chi connectivity index (χ3n) is 4.57. The van der Waals surface area contributed by atoms with Crippen LogP contribution in [-0.4, -0.2) is 39.4 Å². The summed E-state index contributed by atoms with van der Waals surface area (Å²) in [5, 5.41) is 20.7. The summed E-state index contributed by atoms with van der Waals surface area (Å²) >= 11 is 0. The van der Waals surface area contributed by atoms with Crippen LogP contribution in [0.5, 0.6) is 0 Å². The molecule has 4 aromatic heterocycles. The first kappa shape index (κ1) is 16.2. The van der Waals surface area contributed by atoms with Gasteiger partial charge in [-0.25, -0.2) is 18.3 Å². The molecule has 5 aromatic rings. The van der Waals surface area contributed by atoms with Gasteiger partial charge in [0.1, 0.15) is 23.0 Å². The van der Waals surface area contributed by atoms with Gasteiger partial charge in [0, 0.05) is 11.8 Å². The Morgan fingerprint density at radius 1 is 0.929 bits per heavy atom. The van der Waals surface area contributed by atoms with E-state index in [0.717, 1.165) is 5.56 Å². The Labute approximate surface area is 156 Å². The summed E-state index contributed by atoms with van der Waals surface area (Å²) in [6.45, 7) is 3.52. The predicted molar refractivity (Wildman–Crippen MR) is 98.2 cm³/mol. The first-order valence-electron chi connectivity index (χ1n) is 8.45. The molecule has 0 aliphatic heterocycles. The highest BCUT2D eigenvalue weighted by Gasteiger charge is 2.16. The van der Waals surface area contributed by atoms with Crippen molar-refractivity contribution in [3.05, 3.63) is 70.5 Å². The fraction of sp³-hybridized carbons (Fsp3) is 0.111. The third-order valence-corrected chi connectivity index (χ3v) is 4.57. The quantitative estimate of drug-likeness (QED) is 0.466. The molecule has 0 atom stereocenters. The van der Waals surface area contributed by atoms with Crippen molar-refractivity contribution in [3.8, 4) is 11.1 Å². The van der Waals surface area contributed by atoms with Gasteiger partial charge in [0.25, 0.3) is 5.56 Å². The van der Waals surface area contributed by atoms with Gasteiger partial charge in [0.05, 0.1) is 6.20 Å². The number of aryl methyl sites for hydroxylation is 2. The van der Waals surface area contributed by atoms with Gasteiger partial charge >= 0.3 is 0 Å². The van der Waals surface area contributed by atoms with E-state index >= 15 is 0 Å². The highest BCUT2D eigenvalue weighted by atomic mass is 19.1. The molecule has 9 nitrogen and oxygen atoms in total. The van der Waals surface area contributed by atoms with Crippen LogP contribution in [0.3, 0.4) is 0 Å². The van der Waals surface area contributed by atoms with Crippen LogP contribution in [0.2, 0.25) is 0 Å². The Balaban J connectivity index is 1.75. The second-order valence-electron chi connectivity index (χ2n) is 6.31. The molecule has 10 heteroatoms. The van der Waals surface area contributed by atoms with E-state index in [1.54, 1.807) is 53.6 Å². The topological polar surface area (TPSA) is 95.8 Å². The zero-order valence-corrected chi connectivity index (χ0v) is 14.9. The summed E-state index contributed by atoms with van der Waals surface area (Å²) in [4.78, 5) is 13.0. The Kier molecular flexibility index (Phi) is 3.35. The molecule has 0 radical (unpaired) electrons. The molecule has 0 saturated carbocycles. The molecule has 5 rings (SSSR count). The fourth-order valence-corrected chi connectivity index (χ4v) is 3.25. The van der Waals surface area contributed by atoms with Crippen LogP contribution >= 0.6 is 0 Å². The Morgan fingerprint density at radius 2 is 1.64 bits per heavy atom. The minimum atomic E-state index is -0.364. The molecule has 0 spiro atoms. The normalized spacial score (nSPS) is 11.5. The summed E-state index contributed by atoms with van der Waals surface area (Å²) in [5.74, 6) is 0.827. The smallest absolute Gasteiger partial charge is 0.265 e. The summed E-state index contributed by atoms with van der Waals surface area (Å²) < 4.78 is 17.7. The van der Waals surface area contributed by atoms with Crippen molar-refractivity contribution < 1.29 is 4.39 Å². The lowest BCUT2D eigenvalue weighted by molar-refractivity contribution is 0.593. The van der Waals surface area contributed by atoms with Gasteiger partial charge < -0.3 is 0 Å². The zero-order chi connectivity index (χ0) is 19.4. The number of hydrogen-bond acceptors (Lipinski definition) is 6. The monoisotopic (exact) mass is 376 g/mol. The zero-order valence-electron chi connectivity index (χ0n) is 14.9. The largest absolute Gasteiger partial charge is 0.299 e. The lowest BCUT2D eigenvalue weighted by Gasteiger charge is -2.10. The van der Waals surface area contributed by atoms with Gasteiger partial charge in [-0.05, 0) is 37.6 Å². The predicted octanol–water partition coefficient (Wildman–Crippen LogP) is 1.77. The summed E-state index contributed by atoms with van der Waals surface area (Å²) in [6, 6.07) is 7.77. The van der Waals surface area contributed by atoms with Gasteiger partial charge in [-0.3, -0.25) is 4.79 Å². The molecule has 4 heterocycles. The van der Waals surface area contributed by atoms with Gasteiger partial charge in [0.2, 0.25) is 0 Å². The number of fused-ring (bicyclic) bond motifs is 3. The number of benzene rings is 1. The van der Waals surface area contributed by atoms with Gasteiger partial charge in [-0.15, -0.1) is 20.4 Å². The highest BCUT2D eigenvalue weighted by molar-refractivity contribution is 5.82. The maximum absolute atomic E-state index is 13.2. The fourth-order valence-electron chi connectivity index (χ4n) is 3.25. The first-order valence-corrected chi connectivity index (χ1v) is 8.45. The number of rotatable bonds is 2. The minimum Gasteiger partial charge on any atom is -0.265 e. The van der Waals surface area contributed by atoms with Crippen molar-refractivity contribution in [1.82, 2.24) is 39.4 Å². The van der Waals surface area contributed by atoms with Crippen LogP contribution in [0.25, 0.3) is 27.8 Å². The maximum atomic E-state index is 13.2. The first-order chi connectivity index (χ1) is 13.5.